The molecule has 3 nitrogen and oxygen atoms in total. The molecule has 0 saturated heterocycles. The summed E-state index contributed by atoms with van der Waals surface area (Å²) < 4.78 is 0. The van der Waals surface area contributed by atoms with Crippen LogP contribution in [0.5, 0.6) is 0 Å². The van der Waals surface area contributed by atoms with Gasteiger partial charge in [-0.25, -0.2) is 0 Å². The number of nitrogens with one attached hydrogen (secondary N) is 2. The van der Waals surface area contributed by atoms with Crippen molar-refractivity contribution in [3.8, 4) is 11.3 Å². The molecule has 5 heteroatoms. The molecule has 5 atom stereocenters. The largest absolute Gasteiger partial charge is 0.354 e. The van der Waals surface area contributed by atoms with Crippen LogP contribution in [0.4, 0.5) is 0 Å². The minimum atomic E-state index is 0.0888. The number of thioether (sulfide) groups is 1. The Bertz CT molecular complexity index is 1320. The molecule has 7 rings (SSSR count). The van der Waals surface area contributed by atoms with Gasteiger partial charge in [-0.3, -0.25) is 4.79 Å². The highest BCUT2D eigenvalue weighted by atomic mass is 32.2. The van der Waals surface area contributed by atoms with E-state index >= 15 is 0 Å². The Hall–Kier alpha value is -2.24. The molecule has 2 aliphatic carbocycles. The molecule has 2 aromatic heterocycles. The van der Waals surface area contributed by atoms with Crippen LogP contribution in [-0.2, 0) is 0 Å². The van der Waals surface area contributed by atoms with E-state index in [0.717, 1.165) is 16.9 Å². The standard InChI is InChI=1S/C25H22N2OS2/c28-25-27-24-23(30-25)20(18-14-10-11-15(12-14)22(18)29-24)19-16-8-4-5-9-17(16)26-21(19)13-6-2-1-3-7-13/h1-9,14-15,18,20,22,26H,10-12H2,(H,27,28)/t14-,15-,18-,20-,22+/m1/s1. The van der Waals surface area contributed by atoms with Crippen LogP contribution in [0.3, 0.4) is 0 Å². The average Bonchev–Trinajstić information content (AvgIpc) is 3.54. The summed E-state index contributed by atoms with van der Waals surface area (Å²) >= 11 is 3.40. The fourth-order valence-electron chi connectivity index (χ4n) is 6.49. The fourth-order valence-corrected chi connectivity index (χ4v) is 9.37. The number of aromatic amines is 2. The molecular weight excluding hydrogens is 408 g/mol. The van der Waals surface area contributed by atoms with Gasteiger partial charge in [0.05, 0.1) is 10.7 Å². The highest BCUT2D eigenvalue weighted by Gasteiger charge is 2.55. The Balaban J connectivity index is 1.54. The highest BCUT2D eigenvalue weighted by molar-refractivity contribution is 8.00. The number of H-pyrrole nitrogens is 2. The number of hydrogen-bond acceptors (Lipinski definition) is 3. The van der Waals surface area contributed by atoms with Crippen molar-refractivity contribution in [1.82, 2.24) is 9.97 Å². The zero-order chi connectivity index (χ0) is 19.8. The van der Waals surface area contributed by atoms with Crippen molar-refractivity contribution in [2.45, 2.75) is 35.5 Å². The summed E-state index contributed by atoms with van der Waals surface area (Å²) in [5.41, 5.74) is 5.04. The van der Waals surface area contributed by atoms with E-state index in [9.17, 15) is 4.79 Å². The number of thiazole rings is 1. The average molecular weight is 431 g/mol. The van der Waals surface area contributed by atoms with Crippen molar-refractivity contribution >= 4 is 34.0 Å². The van der Waals surface area contributed by atoms with Gasteiger partial charge in [0, 0.05) is 26.9 Å². The van der Waals surface area contributed by atoms with Crippen LogP contribution in [0.1, 0.15) is 35.6 Å². The zero-order valence-corrected chi connectivity index (χ0v) is 18.1. The molecule has 0 unspecified atom stereocenters. The highest BCUT2D eigenvalue weighted by Crippen LogP contribution is 2.64. The van der Waals surface area contributed by atoms with Gasteiger partial charge in [0.15, 0.2) is 0 Å². The molecule has 2 fully saturated rings. The first-order valence-electron chi connectivity index (χ1n) is 10.8. The maximum Gasteiger partial charge on any atom is 0.305 e. The van der Waals surface area contributed by atoms with Crippen molar-refractivity contribution in [2.75, 3.05) is 0 Å². The summed E-state index contributed by atoms with van der Waals surface area (Å²) in [6.45, 7) is 0. The monoisotopic (exact) mass is 430 g/mol. The Morgan fingerprint density at radius 3 is 2.60 bits per heavy atom. The molecule has 0 spiro atoms. The van der Waals surface area contributed by atoms with E-state index in [-0.39, 0.29) is 10.8 Å². The summed E-state index contributed by atoms with van der Waals surface area (Å²) in [7, 11) is 0. The van der Waals surface area contributed by atoms with Crippen molar-refractivity contribution in [3.63, 3.8) is 0 Å². The van der Waals surface area contributed by atoms with Gasteiger partial charge < -0.3 is 9.97 Å². The van der Waals surface area contributed by atoms with Gasteiger partial charge in [0.25, 0.3) is 0 Å². The second-order valence-electron chi connectivity index (χ2n) is 9.00. The van der Waals surface area contributed by atoms with E-state index in [2.05, 4.69) is 64.6 Å². The third-order valence-electron chi connectivity index (χ3n) is 7.59. The SMILES string of the molecule is O=c1[nH]c2c(s1)[C@@H](c1c(-c3ccccc3)[nH]c3ccccc13)[C@H]1[C@@H]3CC[C@H](C3)[C@@H]1S2. The van der Waals surface area contributed by atoms with E-state index in [1.807, 2.05) is 11.8 Å². The number of hydrogen-bond donors (Lipinski definition) is 2. The second-order valence-corrected chi connectivity index (χ2v) is 11.2. The van der Waals surface area contributed by atoms with Gasteiger partial charge in [-0.2, -0.15) is 0 Å². The fraction of sp³-hybridized carbons (Fsp3) is 0.320. The molecule has 2 bridgehead atoms. The molecule has 2 saturated carbocycles. The molecule has 2 N–H and O–H groups in total. The van der Waals surface area contributed by atoms with Crippen LogP contribution in [0.2, 0.25) is 0 Å². The first kappa shape index (κ1) is 17.4. The minimum Gasteiger partial charge on any atom is -0.354 e. The number of rotatable bonds is 2. The topological polar surface area (TPSA) is 48.6 Å². The first-order chi connectivity index (χ1) is 14.8. The lowest BCUT2D eigenvalue weighted by molar-refractivity contribution is 0.309. The molecule has 2 aromatic carbocycles. The lowest BCUT2D eigenvalue weighted by Gasteiger charge is -2.40. The third kappa shape index (κ3) is 2.36. The molecule has 3 heterocycles. The lowest BCUT2D eigenvalue weighted by atomic mass is 9.73. The smallest absolute Gasteiger partial charge is 0.305 e. The lowest BCUT2D eigenvalue weighted by Crippen LogP contribution is -2.33. The van der Waals surface area contributed by atoms with Crippen molar-refractivity contribution in [1.29, 1.82) is 0 Å². The number of para-hydroxylation sites is 1. The summed E-state index contributed by atoms with van der Waals surface area (Å²) in [5, 5.41) is 3.07. The zero-order valence-electron chi connectivity index (χ0n) is 16.4. The van der Waals surface area contributed by atoms with Gasteiger partial charge >= 0.3 is 4.87 Å². The predicted molar refractivity (Wildman–Crippen MR) is 124 cm³/mol. The third-order valence-corrected chi connectivity index (χ3v) is 10.2. The predicted octanol–water partition coefficient (Wildman–Crippen LogP) is 6.24. The van der Waals surface area contributed by atoms with Crippen LogP contribution in [0.25, 0.3) is 22.2 Å². The Morgan fingerprint density at radius 2 is 1.70 bits per heavy atom. The summed E-state index contributed by atoms with van der Waals surface area (Å²) in [5.74, 6) is 2.49. The molecule has 3 aliphatic rings. The van der Waals surface area contributed by atoms with E-state index in [0.29, 0.717) is 11.2 Å². The van der Waals surface area contributed by atoms with E-state index < -0.39 is 0 Å². The van der Waals surface area contributed by atoms with Crippen molar-refractivity contribution in [3.05, 3.63) is 74.7 Å². The van der Waals surface area contributed by atoms with Crippen LogP contribution in [0, 0.1) is 17.8 Å². The first-order valence-corrected chi connectivity index (χ1v) is 12.5. The van der Waals surface area contributed by atoms with Crippen LogP contribution < -0.4 is 4.87 Å². The quantitative estimate of drug-likeness (QED) is 0.396. The summed E-state index contributed by atoms with van der Waals surface area (Å²) in [6.07, 6.45) is 4.07. The molecule has 150 valence electrons. The summed E-state index contributed by atoms with van der Waals surface area (Å²) in [6, 6.07) is 19.4. The van der Waals surface area contributed by atoms with E-state index in [4.69, 9.17) is 0 Å². The second kappa shape index (κ2) is 6.38. The maximum absolute atomic E-state index is 12.4. The van der Waals surface area contributed by atoms with E-state index in [1.54, 1.807) is 0 Å². The minimum absolute atomic E-state index is 0.0888. The van der Waals surface area contributed by atoms with Crippen LogP contribution in [0.15, 0.2) is 64.4 Å². The number of benzene rings is 2. The number of fused-ring (bicyclic) bond motifs is 7. The van der Waals surface area contributed by atoms with Gasteiger partial charge in [-0.1, -0.05) is 59.9 Å². The summed E-state index contributed by atoms with van der Waals surface area (Å²) in [4.78, 5) is 20.7. The van der Waals surface area contributed by atoms with Gasteiger partial charge in [-0.05, 0) is 54.2 Å². The van der Waals surface area contributed by atoms with Gasteiger partial charge in [-0.15, -0.1) is 11.8 Å². The maximum atomic E-state index is 12.4. The number of aromatic nitrogens is 2. The molecular formula is C25H22N2OS2. The normalized spacial score (nSPS) is 29.3. The Morgan fingerprint density at radius 1 is 0.900 bits per heavy atom. The Kier molecular flexibility index (Phi) is 3.71. The van der Waals surface area contributed by atoms with Crippen molar-refractivity contribution in [2.24, 2.45) is 17.8 Å². The van der Waals surface area contributed by atoms with Gasteiger partial charge in [0.2, 0.25) is 0 Å². The molecule has 0 amide bonds. The molecule has 4 aromatic rings. The van der Waals surface area contributed by atoms with Crippen molar-refractivity contribution < 1.29 is 0 Å². The van der Waals surface area contributed by atoms with Crippen LogP contribution in [-0.4, -0.2) is 15.2 Å². The molecule has 30 heavy (non-hydrogen) atoms. The van der Waals surface area contributed by atoms with E-state index in [1.165, 1.54) is 63.2 Å². The Labute approximate surface area is 182 Å². The van der Waals surface area contributed by atoms with Gasteiger partial charge in [0.1, 0.15) is 0 Å². The van der Waals surface area contributed by atoms with Crippen LogP contribution >= 0.6 is 23.1 Å². The molecule has 0 radical (unpaired) electrons. The molecule has 1 aliphatic heterocycles.